The molecule has 1 aromatic heterocycles. The third-order valence-electron chi connectivity index (χ3n) is 2.22. The minimum Gasteiger partial charge on any atom is -0.240 e. The van der Waals surface area contributed by atoms with Gasteiger partial charge in [0.1, 0.15) is 5.01 Å². The van der Waals surface area contributed by atoms with E-state index in [1.54, 1.807) is 11.3 Å². The van der Waals surface area contributed by atoms with Crippen LogP contribution in [0.4, 0.5) is 0 Å². The average molecular weight is 260 g/mol. The molecule has 0 fully saturated rings. The van der Waals surface area contributed by atoms with Crippen LogP contribution in [0.1, 0.15) is 12.6 Å². The maximum atomic E-state index is 8.61. The molecule has 0 N–H and O–H groups in total. The van der Waals surface area contributed by atoms with Gasteiger partial charge in [-0.3, -0.25) is 0 Å². The maximum Gasteiger partial charge on any atom is 0.123 e. The van der Waals surface area contributed by atoms with Crippen LogP contribution in [0.25, 0.3) is 10.6 Å². The molecule has 2 rings (SSSR count). The summed E-state index contributed by atoms with van der Waals surface area (Å²) in [4.78, 5) is 5.72. The summed E-state index contributed by atoms with van der Waals surface area (Å²) in [6.45, 7) is 2.15. The number of rotatable bonds is 4. The van der Waals surface area contributed by atoms with E-state index >= 15 is 0 Å². The van der Waals surface area contributed by atoms with E-state index in [0.717, 1.165) is 22.0 Å². The van der Waals surface area contributed by atoms with Crippen LogP contribution in [0.2, 0.25) is 0 Å². The molecule has 86 valence electrons. The quantitative estimate of drug-likeness (QED) is 0.780. The standard InChI is InChI=1S/C13H12N2S2/c1-2-16-12-5-3-10(4-6-12)13-15-11(7-8-14)9-17-13/h3-6,9H,2,7H2,1H3. The Kier molecular flexibility index (Phi) is 4.18. The SMILES string of the molecule is CCSc1ccc(-c2nc(CC#N)cs2)cc1. The summed E-state index contributed by atoms with van der Waals surface area (Å²) in [5.74, 6) is 1.09. The van der Waals surface area contributed by atoms with Gasteiger partial charge in [0, 0.05) is 15.8 Å². The van der Waals surface area contributed by atoms with Gasteiger partial charge in [-0.1, -0.05) is 19.1 Å². The first-order chi connectivity index (χ1) is 8.33. The van der Waals surface area contributed by atoms with Crippen LogP contribution in [-0.4, -0.2) is 10.7 Å². The monoisotopic (exact) mass is 260 g/mol. The summed E-state index contributed by atoms with van der Waals surface area (Å²) in [6.07, 6.45) is 0.389. The maximum absolute atomic E-state index is 8.61. The first-order valence-electron chi connectivity index (χ1n) is 5.38. The lowest BCUT2D eigenvalue weighted by Gasteiger charge is -1.99. The molecular formula is C13H12N2S2. The van der Waals surface area contributed by atoms with Crippen LogP contribution in [0.5, 0.6) is 0 Å². The van der Waals surface area contributed by atoms with Crippen LogP contribution in [0.15, 0.2) is 34.5 Å². The number of thioether (sulfide) groups is 1. The Hall–Kier alpha value is -1.31. The third kappa shape index (κ3) is 3.09. The Morgan fingerprint density at radius 1 is 1.35 bits per heavy atom. The minimum absolute atomic E-state index is 0.389. The molecule has 0 aliphatic carbocycles. The Labute approximate surface area is 109 Å². The van der Waals surface area contributed by atoms with Gasteiger partial charge in [-0.25, -0.2) is 4.98 Å². The smallest absolute Gasteiger partial charge is 0.123 e. The summed E-state index contributed by atoms with van der Waals surface area (Å²) in [6, 6.07) is 10.5. The van der Waals surface area contributed by atoms with E-state index < -0.39 is 0 Å². The fourth-order valence-electron chi connectivity index (χ4n) is 1.46. The zero-order chi connectivity index (χ0) is 12.1. The molecule has 1 heterocycles. The molecule has 0 spiro atoms. The zero-order valence-electron chi connectivity index (χ0n) is 9.51. The van der Waals surface area contributed by atoms with Crippen molar-refractivity contribution in [2.45, 2.75) is 18.2 Å². The molecule has 0 aliphatic rings. The van der Waals surface area contributed by atoms with Gasteiger partial charge in [0.25, 0.3) is 0 Å². The molecule has 0 radical (unpaired) electrons. The second-order valence-electron chi connectivity index (χ2n) is 3.44. The van der Waals surface area contributed by atoms with Crippen molar-refractivity contribution in [1.82, 2.24) is 4.98 Å². The number of nitriles is 1. The molecule has 0 unspecified atom stereocenters. The van der Waals surface area contributed by atoms with E-state index in [1.165, 1.54) is 4.90 Å². The molecule has 2 aromatic rings. The topological polar surface area (TPSA) is 36.7 Å². The van der Waals surface area contributed by atoms with Crippen molar-refractivity contribution in [3.8, 4) is 16.6 Å². The van der Waals surface area contributed by atoms with E-state index in [2.05, 4.69) is 42.2 Å². The molecule has 17 heavy (non-hydrogen) atoms. The van der Waals surface area contributed by atoms with Crippen LogP contribution in [0.3, 0.4) is 0 Å². The number of thiazole rings is 1. The molecule has 0 atom stereocenters. The Morgan fingerprint density at radius 2 is 2.12 bits per heavy atom. The van der Waals surface area contributed by atoms with E-state index in [9.17, 15) is 0 Å². The predicted molar refractivity (Wildman–Crippen MR) is 73.3 cm³/mol. The molecule has 0 saturated heterocycles. The molecule has 0 amide bonds. The number of aromatic nitrogens is 1. The zero-order valence-corrected chi connectivity index (χ0v) is 11.1. The van der Waals surface area contributed by atoms with Gasteiger partial charge in [0.2, 0.25) is 0 Å². The molecule has 2 nitrogen and oxygen atoms in total. The largest absolute Gasteiger partial charge is 0.240 e. The van der Waals surface area contributed by atoms with Crippen molar-refractivity contribution in [2.24, 2.45) is 0 Å². The van der Waals surface area contributed by atoms with Gasteiger partial charge in [-0.15, -0.1) is 23.1 Å². The molecule has 0 saturated carbocycles. The van der Waals surface area contributed by atoms with E-state index in [1.807, 2.05) is 17.1 Å². The lowest BCUT2D eigenvalue weighted by molar-refractivity contribution is 1.16. The summed E-state index contributed by atoms with van der Waals surface area (Å²) in [7, 11) is 0. The second kappa shape index (κ2) is 5.85. The number of hydrogen-bond acceptors (Lipinski definition) is 4. The van der Waals surface area contributed by atoms with E-state index in [-0.39, 0.29) is 0 Å². The van der Waals surface area contributed by atoms with Crippen molar-refractivity contribution in [1.29, 1.82) is 5.26 Å². The van der Waals surface area contributed by atoms with Crippen molar-refractivity contribution in [2.75, 3.05) is 5.75 Å². The first-order valence-corrected chi connectivity index (χ1v) is 7.24. The first kappa shape index (κ1) is 12.2. The highest BCUT2D eigenvalue weighted by atomic mass is 32.2. The average Bonchev–Trinajstić information content (AvgIpc) is 2.80. The highest BCUT2D eigenvalue weighted by Gasteiger charge is 2.04. The minimum atomic E-state index is 0.389. The van der Waals surface area contributed by atoms with Gasteiger partial charge >= 0.3 is 0 Å². The van der Waals surface area contributed by atoms with Crippen molar-refractivity contribution < 1.29 is 0 Å². The van der Waals surface area contributed by atoms with Crippen LogP contribution < -0.4 is 0 Å². The normalized spacial score (nSPS) is 10.1. The highest BCUT2D eigenvalue weighted by molar-refractivity contribution is 7.99. The molecule has 1 aromatic carbocycles. The second-order valence-corrected chi connectivity index (χ2v) is 5.63. The van der Waals surface area contributed by atoms with Crippen molar-refractivity contribution in [3.05, 3.63) is 35.3 Å². The predicted octanol–water partition coefficient (Wildman–Crippen LogP) is 3.99. The molecule has 4 heteroatoms. The number of nitrogens with zero attached hydrogens (tertiary/aromatic N) is 2. The van der Waals surface area contributed by atoms with Gasteiger partial charge < -0.3 is 0 Å². The molecule has 0 bridgehead atoms. The lowest BCUT2D eigenvalue weighted by atomic mass is 10.2. The summed E-state index contributed by atoms with van der Waals surface area (Å²) < 4.78 is 0. The van der Waals surface area contributed by atoms with Crippen LogP contribution in [-0.2, 0) is 6.42 Å². The van der Waals surface area contributed by atoms with Gasteiger partial charge in [-0.2, -0.15) is 5.26 Å². The van der Waals surface area contributed by atoms with Crippen LogP contribution in [0, 0.1) is 11.3 Å². The Balaban J connectivity index is 2.18. The fraction of sp³-hybridized carbons (Fsp3) is 0.231. The van der Waals surface area contributed by atoms with Crippen LogP contribution >= 0.6 is 23.1 Å². The summed E-state index contributed by atoms with van der Waals surface area (Å²) >= 11 is 3.43. The van der Waals surface area contributed by atoms with Gasteiger partial charge in [0.05, 0.1) is 18.2 Å². The highest BCUT2D eigenvalue weighted by Crippen LogP contribution is 2.26. The third-order valence-corrected chi connectivity index (χ3v) is 4.06. The number of benzene rings is 1. The van der Waals surface area contributed by atoms with Gasteiger partial charge in [-0.05, 0) is 17.9 Å². The fourth-order valence-corrected chi connectivity index (χ4v) is 2.95. The van der Waals surface area contributed by atoms with Gasteiger partial charge in [0.15, 0.2) is 0 Å². The van der Waals surface area contributed by atoms with Crippen molar-refractivity contribution in [3.63, 3.8) is 0 Å². The van der Waals surface area contributed by atoms with E-state index in [0.29, 0.717) is 6.42 Å². The van der Waals surface area contributed by atoms with Crippen molar-refractivity contribution >= 4 is 23.1 Å². The Morgan fingerprint density at radius 3 is 2.76 bits per heavy atom. The molecule has 0 aliphatic heterocycles. The van der Waals surface area contributed by atoms with E-state index in [4.69, 9.17) is 5.26 Å². The molecular weight excluding hydrogens is 248 g/mol. The lowest BCUT2D eigenvalue weighted by Crippen LogP contribution is -1.82. The summed E-state index contributed by atoms with van der Waals surface area (Å²) in [5, 5.41) is 11.5. The Bertz CT molecular complexity index is 523. The summed E-state index contributed by atoms with van der Waals surface area (Å²) in [5.41, 5.74) is 1.99. The number of hydrogen-bond donors (Lipinski definition) is 0.